The zero-order valence-electron chi connectivity index (χ0n) is 14.2. The minimum absolute atomic E-state index is 0.159. The highest BCUT2D eigenvalue weighted by Gasteiger charge is 2.30. The van der Waals surface area contributed by atoms with Crippen LogP contribution in [-0.4, -0.2) is 26.8 Å². The lowest BCUT2D eigenvalue weighted by atomic mass is 9.76. The molecule has 0 saturated carbocycles. The van der Waals surface area contributed by atoms with Crippen LogP contribution in [0.5, 0.6) is 0 Å². The lowest BCUT2D eigenvalue weighted by Gasteiger charge is -2.36. The molecule has 0 spiro atoms. The zero-order chi connectivity index (χ0) is 15.2. The van der Waals surface area contributed by atoms with E-state index in [1.54, 1.807) is 6.33 Å². The molecule has 0 amide bonds. The van der Waals surface area contributed by atoms with Crippen LogP contribution in [-0.2, 0) is 13.5 Å². The Bertz CT molecular complexity index is 391. The summed E-state index contributed by atoms with van der Waals surface area (Å²) < 4.78 is 1.91. The predicted octanol–water partition coefficient (Wildman–Crippen LogP) is 3.33. The van der Waals surface area contributed by atoms with Crippen molar-refractivity contribution in [3.05, 3.63) is 12.2 Å². The van der Waals surface area contributed by atoms with Crippen molar-refractivity contribution in [2.24, 2.45) is 12.5 Å². The highest BCUT2D eigenvalue weighted by atomic mass is 15.3. The molecule has 4 heteroatoms. The Kier molecular flexibility index (Phi) is 6.18. The highest BCUT2D eigenvalue weighted by Crippen LogP contribution is 2.32. The molecule has 4 nitrogen and oxygen atoms in total. The minimum Gasteiger partial charge on any atom is -0.312 e. The molecule has 0 saturated heterocycles. The van der Waals surface area contributed by atoms with Crippen molar-refractivity contribution >= 4 is 0 Å². The van der Waals surface area contributed by atoms with E-state index in [1.165, 1.54) is 25.7 Å². The Morgan fingerprint density at radius 2 is 1.95 bits per heavy atom. The van der Waals surface area contributed by atoms with Crippen LogP contribution in [0, 0.1) is 5.41 Å². The van der Waals surface area contributed by atoms with Crippen LogP contribution in [0.25, 0.3) is 0 Å². The third-order valence-corrected chi connectivity index (χ3v) is 4.14. The summed E-state index contributed by atoms with van der Waals surface area (Å²) in [6.07, 6.45) is 7.60. The highest BCUT2D eigenvalue weighted by molar-refractivity contribution is 4.95. The number of rotatable bonds is 8. The average Bonchev–Trinajstić information content (AvgIpc) is 2.77. The molecule has 1 N–H and O–H groups in total. The van der Waals surface area contributed by atoms with Crippen LogP contribution < -0.4 is 5.32 Å². The van der Waals surface area contributed by atoms with E-state index in [9.17, 15) is 0 Å². The number of hydrogen-bond acceptors (Lipinski definition) is 3. The molecule has 1 aromatic rings. The van der Waals surface area contributed by atoms with Crippen molar-refractivity contribution < 1.29 is 0 Å². The van der Waals surface area contributed by atoms with Gasteiger partial charge in [-0.1, -0.05) is 26.7 Å². The van der Waals surface area contributed by atoms with Crippen LogP contribution in [0.4, 0.5) is 0 Å². The number of unbranched alkanes of at least 4 members (excludes halogenated alkanes) is 1. The lowest BCUT2D eigenvalue weighted by molar-refractivity contribution is 0.200. The predicted molar refractivity (Wildman–Crippen MR) is 84.7 cm³/mol. The number of aryl methyl sites for hydroxylation is 1. The molecule has 1 aromatic heterocycles. The maximum absolute atomic E-state index is 4.43. The number of aromatic nitrogens is 3. The van der Waals surface area contributed by atoms with E-state index in [4.69, 9.17) is 0 Å². The average molecular weight is 280 g/mol. The van der Waals surface area contributed by atoms with Gasteiger partial charge in [0.2, 0.25) is 0 Å². The van der Waals surface area contributed by atoms with Crippen molar-refractivity contribution in [3.8, 4) is 0 Å². The molecule has 116 valence electrons. The third-order valence-electron chi connectivity index (χ3n) is 4.14. The summed E-state index contributed by atoms with van der Waals surface area (Å²) in [5.41, 5.74) is 0.441. The lowest BCUT2D eigenvalue weighted by Crippen LogP contribution is -2.45. The largest absolute Gasteiger partial charge is 0.312 e. The normalized spacial score (nSPS) is 15.3. The van der Waals surface area contributed by atoms with E-state index in [2.05, 4.69) is 50.0 Å². The third kappa shape index (κ3) is 5.23. The molecular weight excluding hydrogens is 248 g/mol. The van der Waals surface area contributed by atoms with Crippen LogP contribution in [0.15, 0.2) is 6.33 Å². The summed E-state index contributed by atoms with van der Waals surface area (Å²) in [6, 6.07) is 0. The summed E-state index contributed by atoms with van der Waals surface area (Å²) >= 11 is 0. The Morgan fingerprint density at radius 1 is 1.25 bits per heavy atom. The van der Waals surface area contributed by atoms with Gasteiger partial charge in [-0.3, -0.25) is 4.68 Å². The van der Waals surface area contributed by atoms with Gasteiger partial charge in [0.15, 0.2) is 0 Å². The standard InChI is InChI=1S/C16H32N4/c1-7-9-10-16(8-2,12-18-15(3,4)5)11-14-17-13-19-20(14)6/h13,18H,7-12H2,1-6H3. The van der Waals surface area contributed by atoms with Gasteiger partial charge in [0.05, 0.1) is 0 Å². The summed E-state index contributed by atoms with van der Waals surface area (Å²) in [5, 5.41) is 7.91. The minimum atomic E-state index is 0.159. The SMILES string of the molecule is CCCCC(CC)(CNC(C)(C)C)Cc1ncnn1C. The first-order valence-electron chi connectivity index (χ1n) is 7.90. The van der Waals surface area contributed by atoms with Crippen molar-refractivity contribution in [1.29, 1.82) is 0 Å². The Labute approximate surface area is 124 Å². The first kappa shape index (κ1) is 17.2. The number of nitrogens with one attached hydrogen (secondary N) is 1. The molecule has 0 aliphatic heterocycles. The summed E-state index contributed by atoms with van der Waals surface area (Å²) in [7, 11) is 1.99. The molecule has 0 bridgehead atoms. The maximum Gasteiger partial charge on any atom is 0.138 e. The van der Waals surface area contributed by atoms with Crippen molar-refractivity contribution in [2.75, 3.05) is 6.54 Å². The molecular formula is C16H32N4. The van der Waals surface area contributed by atoms with E-state index in [-0.39, 0.29) is 11.0 Å². The fraction of sp³-hybridized carbons (Fsp3) is 0.875. The van der Waals surface area contributed by atoms with Gasteiger partial charge < -0.3 is 5.32 Å². The zero-order valence-corrected chi connectivity index (χ0v) is 14.2. The maximum atomic E-state index is 4.43. The van der Waals surface area contributed by atoms with Gasteiger partial charge >= 0.3 is 0 Å². The van der Waals surface area contributed by atoms with Crippen molar-refractivity contribution in [1.82, 2.24) is 20.1 Å². The van der Waals surface area contributed by atoms with E-state index in [1.807, 2.05) is 11.7 Å². The summed E-state index contributed by atoms with van der Waals surface area (Å²) in [6.45, 7) is 12.3. The molecule has 1 rings (SSSR count). The molecule has 0 aromatic carbocycles. The molecule has 20 heavy (non-hydrogen) atoms. The molecule has 1 atom stereocenters. The Balaban J connectivity index is 2.83. The second-order valence-corrected chi connectivity index (χ2v) is 7.04. The molecule has 0 aliphatic rings. The molecule has 0 radical (unpaired) electrons. The van der Waals surface area contributed by atoms with E-state index in [0.29, 0.717) is 0 Å². The summed E-state index contributed by atoms with van der Waals surface area (Å²) in [5.74, 6) is 1.10. The van der Waals surface area contributed by atoms with Gasteiger partial charge in [-0.25, -0.2) is 4.98 Å². The van der Waals surface area contributed by atoms with E-state index in [0.717, 1.165) is 18.8 Å². The van der Waals surface area contributed by atoms with Crippen molar-refractivity contribution in [2.45, 2.75) is 72.3 Å². The van der Waals surface area contributed by atoms with Crippen LogP contribution in [0.1, 0.15) is 66.1 Å². The van der Waals surface area contributed by atoms with Crippen LogP contribution in [0.3, 0.4) is 0 Å². The fourth-order valence-corrected chi connectivity index (χ4v) is 2.49. The van der Waals surface area contributed by atoms with Crippen molar-refractivity contribution in [3.63, 3.8) is 0 Å². The second kappa shape index (κ2) is 7.21. The van der Waals surface area contributed by atoms with Gasteiger partial charge in [-0.2, -0.15) is 5.10 Å². The van der Waals surface area contributed by atoms with Crippen LogP contribution >= 0.6 is 0 Å². The molecule has 0 fully saturated rings. The van der Waals surface area contributed by atoms with Gasteiger partial charge in [0, 0.05) is 25.6 Å². The number of hydrogen-bond donors (Lipinski definition) is 1. The monoisotopic (exact) mass is 280 g/mol. The first-order valence-corrected chi connectivity index (χ1v) is 7.90. The smallest absolute Gasteiger partial charge is 0.138 e. The fourth-order valence-electron chi connectivity index (χ4n) is 2.49. The molecule has 1 unspecified atom stereocenters. The quantitative estimate of drug-likeness (QED) is 0.794. The first-order chi connectivity index (χ1) is 9.32. The van der Waals surface area contributed by atoms with Gasteiger partial charge in [-0.15, -0.1) is 0 Å². The Hall–Kier alpha value is -0.900. The van der Waals surface area contributed by atoms with E-state index < -0.39 is 0 Å². The Morgan fingerprint density at radius 3 is 2.40 bits per heavy atom. The van der Waals surface area contributed by atoms with Crippen LogP contribution in [0.2, 0.25) is 0 Å². The molecule has 1 heterocycles. The summed E-state index contributed by atoms with van der Waals surface area (Å²) in [4.78, 5) is 4.43. The number of nitrogens with zero attached hydrogens (tertiary/aromatic N) is 3. The molecule has 0 aliphatic carbocycles. The van der Waals surface area contributed by atoms with Gasteiger partial charge in [0.1, 0.15) is 12.2 Å². The topological polar surface area (TPSA) is 42.7 Å². The van der Waals surface area contributed by atoms with E-state index >= 15 is 0 Å². The van der Waals surface area contributed by atoms with Gasteiger partial charge in [0.25, 0.3) is 0 Å². The second-order valence-electron chi connectivity index (χ2n) is 7.04. The van der Waals surface area contributed by atoms with Gasteiger partial charge in [-0.05, 0) is 39.0 Å².